The van der Waals surface area contributed by atoms with Gasteiger partial charge in [0.05, 0.1) is 17.3 Å². The van der Waals surface area contributed by atoms with Crippen LogP contribution in [-0.4, -0.2) is 25.5 Å². The molecule has 0 aliphatic rings. The van der Waals surface area contributed by atoms with Crippen LogP contribution in [0.5, 0.6) is 0 Å². The van der Waals surface area contributed by atoms with E-state index >= 15 is 0 Å². The van der Waals surface area contributed by atoms with Gasteiger partial charge >= 0.3 is 0 Å². The molecule has 7 nitrogen and oxygen atoms in total. The summed E-state index contributed by atoms with van der Waals surface area (Å²) in [7, 11) is 0. The highest BCUT2D eigenvalue weighted by molar-refractivity contribution is 7.15. The van der Waals surface area contributed by atoms with Crippen LogP contribution in [-0.2, 0) is 0 Å². The number of fused-ring (bicyclic) bond motifs is 1. The van der Waals surface area contributed by atoms with E-state index in [-0.39, 0.29) is 11.9 Å². The van der Waals surface area contributed by atoms with Crippen LogP contribution >= 0.6 is 11.3 Å². The van der Waals surface area contributed by atoms with E-state index in [9.17, 15) is 4.79 Å². The van der Waals surface area contributed by atoms with Gasteiger partial charge in [0.2, 0.25) is 5.13 Å². The number of nitrogens with zero attached hydrogens (tertiary/aromatic N) is 4. The maximum absolute atomic E-state index is 12.3. The second-order valence-electron chi connectivity index (χ2n) is 4.74. The van der Waals surface area contributed by atoms with E-state index in [0.717, 1.165) is 11.3 Å². The van der Waals surface area contributed by atoms with Gasteiger partial charge in [0.15, 0.2) is 0 Å². The molecule has 21 heavy (non-hydrogen) atoms. The highest BCUT2D eigenvalue weighted by atomic mass is 32.1. The molecule has 0 fully saturated rings. The molecular formula is C13H14N6OS. The Labute approximate surface area is 124 Å². The molecule has 0 saturated carbocycles. The van der Waals surface area contributed by atoms with Crippen LogP contribution < -0.4 is 11.1 Å². The van der Waals surface area contributed by atoms with Crippen LogP contribution in [0.15, 0.2) is 24.5 Å². The number of aryl methyl sites for hydroxylation is 1. The van der Waals surface area contributed by atoms with Gasteiger partial charge in [-0.15, -0.1) is 10.2 Å². The van der Waals surface area contributed by atoms with Crippen molar-refractivity contribution in [1.29, 1.82) is 0 Å². The van der Waals surface area contributed by atoms with Crippen LogP contribution in [0.1, 0.15) is 34.0 Å². The number of hydrogen-bond acceptors (Lipinski definition) is 6. The van der Waals surface area contributed by atoms with Gasteiger partial charge in [0.1, 0.15) is 10.7 Å². The third kappa shape index (κ3) is 2.70. The summed E-state index contributed by atoms with van der Waals surface area (Å²) < 4.78 is 1.83. The van der Waals surface area contributed by atoms with E-state index in [2.05, 4.69) is 20.5 Å². The topological polar surface area (TPSA) is 98.2 Å². The maximum atomic E-state index is 12.3. The molecular weight excluding hydrogens is 288 g/mol. The minimum absolute atomic E-state index is 0.176. The average molecular weight is 302 g/mol. The summed E-state index contributed by atoms with van der Waals surface area (Å²) in [4.78, 5) is 16.6. The number of anilines is 1. The molecule has 1 amide bonds. The Balaban J connectivity index is 1.79. The smallest absolute Gasteiger partial charge is 0.253 e. The molecule has 3 aromatic heterocycles. The van der Waals surface area contributed by atoms with Gasteiger partial charge in [-0.1, -0.05) is 11.3 Å². The van der Waals surface area contributed by atoms with Crippen LogP contribution in [0.4, 0.5) is 5.13 Å². The van der Waals surface area contributed by atoms with E-state index in [1.54, 1.807) is 12.3 Å². The van der Waals surface area contributed by atoms with E-state index < -0.39 is 0 Å². The maximum Gasteiger partial charge on any atom is 0.253 e. The predicted molar refractivity (Wildman–Crippen MR) is 80.1 cm³/mol. The van der Waals surface area contributed by atoms with Crippen molar-refractivity contribution >= 4 is 28.0 Å². The standard InChI is InChI=1S/C13H14N6OS/c1-7-5-19-6-9(3-4-10(19)15-7)11(20)16-8(2)12-17-18-13(14)21-12/h3-6,8H,1-2H3,(H2,14,18)(H,16,20). The fourth-order valence-electron chi connectivity index (χ4n) is 2.02. The van der Waals surface area contributed by atoms with Crippen LogP contribution in [0, 0.1) is 6.92 Å². The molecule has 3 N–H and O–H groups in total. The Morgan fingerprint density at radius 3 is 2.90 bits per heavy atom. The molecule has 1 unspecified atom stereocenters. The Morgan fingerprint density at radius 1 is 1.38 bits per heavy atom. The lowest BCUT2D eigenvalue weighted by molar-refractivity contribution is 0.0939. The number of pyridine rings is 1. The minimum Gasteiger partial charge on any atom is -0.374 e. The number of carbonyl (C=O) groups excluding carboxylic acids is 1. The summed E-state index contributed by atoms with van der Waals surface area (Å²) in [6, 6.07) is 3.32. The van der Waals surface area contributed by atoms with Gasteiger partial charge in [-0.05, 0) is 26.0 Å². The van der Waals surface area contributed by atoms with Crippen molar-refractivity contribution in [3.63, 3.8) is 0 Å². The Kier molecular flexibility index (Phi) is 3.30. The number of amides is 1. The van der Waals surface area contributed by atoms with Gasteiger partial charge < -0.3 is 15.5 Å². The van der Waals surface area contributed by atoms with Crippen molar-refractivity contribution in [1.82, 2.24) is 24.9 Å². The summed E-state index contributed by atoms with van der Waals surface area (Å²) in [5, 5.41) is 11.6. The number of aromatic nitrogens is 4. The van der Waals surface area contributed by atoms with E-state index in [4.69, 9.17) is 5.73 Å². The largest absolute Gasteiger partial charge is 0.374 e. The lowest BCUT2D eigenvalue weighted by Gasteiger charge is -2.10. The van der Waals surface area contributed by atoms with E-state index in [1.165, 1.54) is 11.3 Å². The van der Waals surface area contributed by atoms with E-state index in [0.29, 0.717) is 15.7 Å². The average Bonchev–Trinajstić information content (AvgIpc) is 3.02. The number of carbonyl (C=O) groups is 1. The van der Waals surface area contributed by atoms with Crippen LogP contribution in [0.3, 0.4) is 0 Å². The molecule has 0 bridgehead atoms. The van der Waals surface area contributed by atoms with Crippen molar-refractivity contribution in [2.45, 2.75) is 19.9 Å². The molecule has 8 heteroatoms. The van der Waals surface area contributed by atoms with Gasteiger partial charge in [0, 0.05) is 12.4 Å². The number of imidazole rings is 1. The van der Waals surface area contributed by atoms with Crippen LogP contribution in [0.2, 0.25) is 0 Å². The monoisotopic (exact) mass is 302 g/mol. The molecule has 0 radical (unpaired) electrons. The first-order valence-electron chi connectivity index (χ1n) is 6.38. The number of nitrogen functional groups attached to an aromatic ring is 1. The van der Waals surface area contributed by atoms with Crippen molar-refractivity contribution in [3.05, 3.63) is 40.8 Å². The normalized spacial score (nSPS) is 12.5. The van der Waals surface area contributed by atoms with Crippen molar-refractivity contribution < 1.29 is 4.79 Å². The van der Waals surface area contributed by atoms with E-state index in [1.807, 2.05) is 30.5 Å². The molecule has 3 aromatic rings. The summed E-state index contributed by atoms with van der Waals surface area (Å²) in [5.74, 6) is -0.176. The Bertz CT molecular complexity index is 808. The highest BCUT2D eigenvalue weighted by Gasteiger charge is 2.15. The second kappa shape index (κ2) is 5.13. The van der Waals surface area contributed by atoms with Gasteiger partial charge in [0.25, 0.3) is 5.91 Å². The molecule has 0 aromatic carbocycles. The summed E-state index contributed by atoms with van der Waals surface area (Å²) in [6.07, 6.45) is 3.63. The molecule has 3 heterocycles. The first-order valence-corrected chi connectivity index (χ1v) is 7.19. The molecule has 0 aliphatic carbocycles. The zero-order valence-corrected chi connectivity index (χ0v) is 12.4. The minimum atomic E-state index is -0.243. The lowest BCUT2D eigenvalue weighted by atomic mass is 10.2. The molecule has 108 valence electrons. The van der Waals surface area contributed by atoms with Crippen molar-refractivity contribution in [3.8, 4) is 0 Å². The molecule has 0 spiro atoms. The van der Waals surface area contributed by atoms with Gasteiger partial charge in [-0.3, -0.25) is 4.79 Å². The fraction of sp³-hybridized carbons (Fsp3) is 0.231. The quantitative estimate of drug-likeness (QED) is 0.765. The predicted octanol–water partition coefficient (Wildman–Crippen LogP) is 1.57. The molecule has 0 aliphatic heterocycles. The lowest BCUT2D eigenvalue weighted by Crippen LogP contribution is -2.26. The van der Waals surface area contributed by atoms with Gasteiger partial charge in [-0.25, -0.2) is 4.98 Å². The van der Waals surface area contributed by atoms with Crippen molar-refractivity contribution in [2.24, 2.45) is 0 Å². The second-order valence-corrected chi connectivity index (χ2v) is 5.78. The number of nitrogens with two attached hydrogens (primary N) is 1. The molecule has 3 rings (SSSR count). The van der Waals surface area contributed by atoms with Crippen molar-refractivity contribution in [2.75, 3.05) is 5.73 Å². The first-order chi connectivity index (χ1) is 10.0. The Hall–Kier alpha value is -2.48. The first kappa shape index (κ1) is 13.5. The SMILES string of the molecule is Cc1cn2cc(C(=O)NC(C)c3nnc(N)s3)ccc2n1. The number of rotatable bonds is 3. The molecule has 0 saturated heterocycles. The summed E-state index contributed by atoms with van der Waals surface area (Å²) in [6.45, 7) is 3.76. The van der Waals surface area contributed by atoms with Gasteiger partial charge in [-0.2, -0.15) is 0 Å². The fourth-order valence-corrected chi connectivity index (χ4v) is 2.63. The third-order valence-electron chi connectivity index (χ3n) is 3.01. The summed E-state index contributed by atoms with van der Waals surface area (Å²) >= 11 is 1.26. The summed E-state index contributed by atoms with van der Waals surface area (Å²) in [5.41, 5.74) is 7.83. The zero-order chi connectivity index (χ0) is 15.0. The van der Waals surface area contributed by atoms with Crippen LogP contribution in [0.25, 0.3) is 5.65 Å². The Morgan fingerprint density at radius 2 is 2.19 bits per heavy atom. The molecule has 1 atom stereocenters. The number of hydrogen-bond donors (Lipinski definition) is 2. The highest BCUT2D eigenvalue weighted by Crippen LogP contribution is 2.19. The zero-order valence-electron chi connectivity index (χ0n) is 11.6. The number of nitrogens with one attached hydrogen (secondary N) is 1. The third-order valence-corrected chi connectivity index (χ3v) is 3.94.